The number of aryl methyl sites for hydroxylation is 1. The maximum Gasteiger partial charge on any atom is 0.466 e. The minimum atomic E-state index is -4.64. The van der Waals surface area contributed by atoms with Crippen molar-refractivity contribution in [3.63, 3.8) is 0 Å². The number of nitrogens with zero attached hydrogens (tertiary/aromatic N) is 2. The smallest absolute Gasteiger partial charge is 0.303 e. The molecule has 0 unspecified atom stereocenters. The molecule has 0 aliphatic carbocycles. The van der Waals surface area contributed by atoms with Gasteiger partial charge in [-0.15, -0.1) is 0 Å². The summed E-state index contributed by atoms with van der Waals surface area (Å²) in [5.74, 6) is 0. The van der Waals surface area contributed by atoms with Crippen LogP contribution in [0.4, 0.5) is 0 Å². The number of hydrogen-bond donors (Lipinski definition) is 3. The highest BCUT2D eigenvalue weighted by atomic mass is 31.2. The summed E-state index contributed by atoms with van der Waals surface area (Å²) in [5, 5.41) is 0. The minimum absolute atomic E-state index is 0.961. The van der Waals surface area contributed by atoms with Crippen LogP contribution in [0.5, 0.6) is 0 Å². The summed E-state index contributed by atoms with van der Waals surface area (Å²) in [5.41, 5.74) is 0.961. The fourth-order valence-corrected chi connectivity index (χ4v) is 0.374. The maximum absolute atomic E-state index is 8.88. The maximum atomic E-state index is 8.88. The van der Waals surface area contributed by atoms with Gasteiger partial charge in [0.1, 0.15) is 0 Å². The van der Waals surface area contributed by atoms with E-state index in [0.29, 0.717) is 0 Å². The second-order valence-electron chi connectivity index (χ2n) is 1.86. The van der Waals surface area contributed by atoms with E-state index in [4.69, 9.17) is 19.2 Å². The van der Waals surface area contributed by atoms with E-state index in [1.54, 1.807) is 18.6 Å². The summed E-state index contributed by atoms with van der Waals surface area (Å²) in [7, 11) is -4.64. The molecule has 0 atom stereocenters. The zero-order chi connectivity index (χ0) is 9.61. The minimum Gasteiger partial charge on any atom is -0.303 e. The molecule has 3 N–H and O–H groups in total. The lowest BCUT2D eigenvalue weighted by Gasteiger charge is -1.82. The fraction of sp³-hybridized carbons (Fsp3) is 0.200. The van der Waals surface area contributed by atoms with Crippen LogP contribution in [0.2, 0.25) is 0 Å². The number of aromatic nitrogens is 2. The molecule has 1 heterocycles. The van der Waals surface area contributed by atoms with E-state index in [0.717, 1.165) is 5.69 Å². The molecule has 1 aromatic rings. The van der Waals surface area contributed by atoms with Crippen LogP contribution < -0.4 is 0 Å². The average Bonchev–Trinajstić information content (AvgIpc) is 1.85. The van der Waals surface area contributed by atoms with E-state index in [-0.39, 0.29) is 0 Å². The number of phosphoric acid groups is 1. The summed E-state index contributed by atoms with van der Waals surface area (Å²) in [6.07, 6.45) is 5.06. The summed E-state index contributed by atoms with van der Waals surface area (Å²) in [6.45, 7) is 1.91. The largest absolute Gasteiger partial charge is 0.466 e. The van der Waals surface area contributed by atoms with Crippen LogP contribution in [0.15, 0.2) is 18.6 Å². The first-order valence-electron chi connectivity index (χ1n) is 2.90. The van der Waals surface area contributed by atoms with Crippen LogP contribution in [0, 0.1) is 6.92 Å². The van der Waals surface area contributed by atoms with Gasteiger partial charge in [-0.1, -0.05) is 0 Å². The van der Waals surface area contributed by atoms with Crippen molar-refractivity contribution in [2.75, 3.05) is 0 Å². The number of hydrogen-bond acceptors (Lipinski definition) is 3. The van der Waals surface area contributed by atoms with Crippen molar-refractivity contribution < 1.29 is 19.2 Å². The van der Waals surface area contributed by atoms with Gasteiger partial charge < -0.3 is 14.7 Å². The van der Waals surface area contributed by atoms with Crippen molar-refractivity contribution in [3.05, 3.63) is 24.3 Å². The van der Waals surface area contributed by atoms with Gasteiger partial charge in [0.05, 0.1) is 5.69 Å². The van der Waals surface area contributed by atoms with Gasteiger partial charge in [-0.05, 0) is 6.92 Å². The van der Waals surface area contributed by atoms with Crippen molar-refractivity contribution in [2.45, 2.75) is 6.92 Å². The lowest BCUT2D eigenvalue weighted by atomic mass is 10.5. The average molecular weight is 192 g/mol. The standard InChI is InChI=1S/C5H6N2.H3O4P/c1-5-4-6-2-3-7-5;1-5(2,3)4/h2-4H,1H3;(H3,1,2,3,4). The summed E-state index contributed by atoms with van der Waals surface area (Å²) in [6, 6.07) is 0. The normalized spacial score (nSPS) is 10.0. The van der Waals surface area contributed by atoms with Crippen molar-refractivity contribution in [3.8, 4) is 0 Å². The topological polar surface area (TPSA) is 104 Å². The Morgan fingerprint density at radius 2 is 1.83 bits per heavy atom. The lowest BCUT2D eigenvalue weighted by molar-refractivity contribution is 0.275. The Morgan fingerprint density at radius 3 is 2.00 bits per heavy atom. The molecule has 0 radical (unpaired) electrons. The molecule has 0 amide bonds. The molecule has 0 fully saturated rings. The molecule has 0 saturated heterocycles. The molecule has 0 saturated carbocycles. The summed E-state index contributed by atoms with van der Waals surface area (Å²) >= 11 is 0. The molecular formula is C5H9N2O4P. The van der Waals surface area contributed by atoms with Crippen molar-refractivity contribution in [2.24, 2.45) is 0 Å². The Bertz CT molecular complexity index is 251. The zero-order valence-corrected chi connectivity index (χ0v) is 7.22. The van der Waals surface area contributed by atoms with E-state index >= 15 is 0 Å². The Morgan fingerprint density at radius 1 is 1.33 bits per heavy atom. The highest BCUT2D eigenvalue weighted by Gasteiger charge is 2.00. The van der Waals surface area contributed by atoms with Crippen molar-refractivity contribution >= 4 is 7.82 Å². The Balaban J connectivity index is 0.000000217. The second kappa shape index (κ2) is 4.95. The quantitative estimate of drug-likeness (QED) is 0.494. The molecule has 0 bridgehead atoms. The molecule has 0 aliphatic rings. The highest BCUT2D eigenvalue weighted by Crippen LogP contribution is 2.25. The molecule has 0 aromatic carbocycles. The first-order chi connectivity index (χ1) is 5.39. The predicted molar refractivity (Wildman–Crippen MR) is 41.0 cm³/mol. The van der Waals surface area contributed by atoms with Gasteiger partial charge in [0.15, 0.2) is 0 Å². The Kier molecular flexibility index (Phi) is 4.61. The monoisotopic (exact) mass is 192 g/mol. The van der Waals surface area contributed by atoms with Gasteiger partial charge in [0, 0.05) is 18.6 Å². The molecule has 1 aromatic heterocycles. The van der Waals surface area contributed by atoms with Gasteiger partial charge in [-0.25, -0.2) is 4.57 Å². The van der Waals surface area contributed by atoms with Crippen molar-refractivity contribution in [1.29, 1.82) is 0 Å². The van der Waals surface area contributed by atoms with Crippen LogP contribution in [-0.2, 0) is 4.57 Å². The van der Waals surface area contributed by atoms with Crippen LogP contribution >= 0.6 is 7.82 Å². The third-order valence-corrected chi connectivity index (χ3v) is 0.692. The molecule has 68 valence electrons. The predicted octanol–water partition coefficient (Wildman–Crippen LogP) is -0.144. The summed E-state index contributed by atoms with van der Waals surface area (Å²) in [4.78, 5) is 29.3. The van der Waals surface area contributed by atoms with E-state index in [9.17, 15) is 0 Å². The van der Waals surface area contributed by atoms with Gasteiger partial charge in [-0.3, -0.25) is 9.97 Å². The molecular weight excluding hydrogens is 183 g/mol. The summed E-state index contributed by atoms with van der Waals surface area (Å²) < 4.78 is 8.88. The highest BCUT2D eigenvalue weighted by molar-refractivity contribution is 7.45. The zero-order valence-electron chi connectivity index (χ0n) is 6.32. The third-order valence-electron chi connectivity index (χ3n) is 0.692. The molecule has 7 heteroatoms. The van der Waals surface area contributed by atoms with E-state index in [2.05, 4.69) is 9.97 Å². The van der Waals surface area contributed by atoms with E-state index in [1.165, 1.54) is 0 Å². The Hall–Kier alpha value is -0.810. The molecule has 0 spiro atoms. The van der Waals surface area contributed by atoms with Gasteiger partial charge >= 0.3 is 7.82 Å². The number of rotatable bonds is 0. The lowest BCUT2D eigenvalue weighted by Crippen LogP contribution is -1.77. The van der Waals surface area contributed by atoms with E-state index < -0.39 is 7.82 Å². The SMILES string of the molecule is Cc1cnccn1.O=P(O)(O)O. The van der Waals surface area contributed by atoms with Crippen molar-refractivity contribution in [1.82, 2.24) is 9.97 Å². The molecule has 0 aliphatic heterocycles. The van der Waals surface area contributed by atoms with Gasteiger partial charge in [-0.2, -0.15) is 0 Å². The second-order valence-corrected chi connectivity index (χ2v) is 2.89. The Labute approximate surface area is 69.2 Å². The molecule has 1 rings (SSSR count). The van der Waals surface area contributed by atoms with Crippen LogP contribution in [-0.4, -0.2) is 24.6 Å². The third kappa shape index (κ3) is 11.9. The fourth-order valence-electron chi connectivity index (χ4n) is 0.374. The first-order valence-corrected chi connectivity index (χ1v) is 4.47. The van der Waals surface area contributed by atoms with E-state index in [1.807, 2.05) is 6.92 Å². The van der Waals surface area contributed by atoms with Crippen LogP contribution in [0.3, 0.4) is 0 Å². The van der Waals surface area contributed by atoms with Gasteiger partial charge in [0.25, 0.3) is 0 Å². The van der Waals surface area contributed by atoms with Crippen LogP contribution in [0.25, 0.3) is 0 Å². The molecule has 6 nitrogen and oxygen atoms in total. The first kappa shape index (κ1) is 11.2. The molecule has 12 heavy (non-hydrogen) atoms. The van der Waals surface area contributed by atoms with Gasteiger partial charge in [0.2, 0.25) is 0 Å². The van der Waals surface area contributed by atoms with Crippen LogP contribution in [0.1, 0.15) is 5.69 Å².